The largest absolute Gasteiger partial charge is 0.508 e. The van der Waals surface area contributed by atoms with Crippen LogP contribution in [0.1, 0.15) is 19.4 Å². The number of hydrogen-bond acceptors (Lipinski definition) is 3. The fourth-order valence-corrected chi connectivity index (χ4v) is 0.993. The Morgan fingerprint density at radius 1 is 1.19 bits per heavy atom. The van der Waals surface area contributed by atoms with Gasteiger partial charge in [0.25, 0.3) is 0 Å². The summed E-state index contributed by atoms with van der Waals surface area (Å²) >= 11 is 0. The van der Waals surface area contributed by atoms with Gasteiger partial charge in [-0.15, -0.1) is 0 Å². The number of aromatic hydroxyl groups is 1. The molecule has 1 aromatic carbocycles. The highest BCUT2D eigenvalue weighted by atomic mass is 16.5. The average Bonchev–Trinajstić information content (AvgIpc) is 2.23. The zero-order chi connectivity index (χ0) is 12.4. The van der Waals surface area contributed by atoms with Crippen molar-refractivity contribution >= 4 is 5.97 Å². The van der Waals surface area contributed by atoms with Gasteiger partial charge in [-0.3, -0.25) is 4.79 Å². The zero-order valence-corrected chi connectivity index (χ0v) is 9.64. The van der Waals surface area contributed by atoms with Gasteiger partial charge in [0, 0.05) is 13.2 Å². The molecule has 0 aliphatic heterocycles. The van der Waals surface area contributed by atoms with E-state index in [9.17, 15) is 4.79 Å². The quantitative estimate of drug-likeness (QED) is 0.824. The van der Waals surface area contributed by atoms with Crippen molar-refractivity contribution < 1.29 is 19.7 Å². The molecule has 0 bridgehead atoms. The van der Waals surface area contributed by atoms with Crippen LogP contribution in [-0.4, -0.2) is 29.4 Å². The maximum atomic E-state index is 10.2. The van der Waals surface area contributed by atoms with Gasteiger partial charge in [-0.1, -0.05) is 12.1 Å². The Hall–Kier alpha value is -1.55. The van der Waals surface area contributed by atoms with Crippen LogP contribution in [0.4, 0.5) is 0 Å². The number of phenolic OH excluding ortho intramolecular Hbond substituents is 1. The molecule has 0 aliphatic rings. The van der Waals surface area contributed by atoms with Crippen molar-refractivity contribution in [3.05, 3.63) is 29.8 Å². The normalized spacial score (nSPS) is 9.12. The predicted octanol–water partition coefficient (Wildman–Crippen LogP) is 2.06. The molecule has 4 heteroatoms. The molecule has 1 rings (SSSR count). The van der Waals surface area contributed by atoms with E-state index in [1.54, 1.807) is 12.1 Å². The lowest BCUT2D eigenvalue weighted by atomic mass is 10.1. The number of hydrogen-bond donors (Lipinski definition) is 2. The summed E-state index contributed by atoms with van der Waals surface area (Å²) < 4.78 is 4.83. The lowest BCUT2D eigenvalue weighted by Crippen LogP contribution is -1.98. The first-order chi connectivity index (χ1) is 7.60. The van der Waals surface area contributed by atoms with Crippen LogP contribution in [0.2, 0.25) is 0 Å². The van der Waals surface area contributed by atoms with Crippen LogP contribution in [0.3, 0.4) is 0 Å². The van der Waals surface area contributed by atoms with Gasteiger partial charge in [0.1, 0.15) is 5.75 Å². The Balaban J connectivity index is 0.000000385. The van der Waals surface area contributed by atoms with Crippen LogP contribution in [0.5, 0.6) is 5.75 Å². The van der Waals surface area contributed by atoms with E-state index in [1.807, 2.05) is 13.8 Å². The van der Waals surface area contributed by atoms with Gasteiger partial charge in [-0.05, 0) is 31.5 Å². The lowest BCUT2D eigenvalue weighted by molar-refractivity contribution is -0.136. The molecule has 0 saturated carbocycles. The first kappa shape index (κ1) is 14.5. The number of rotatable bonds is 4. The van der Waals surface area contributed by atoms with Crippen molar-refractivity contribution in [2.24, 2.45) is 0 Å². The molecule has 2 N–H and O–H groups in total. The standard InChI is InChI=1S/C8H8O3.C4H10O/c9-7-3-1-6(2-4-7)5-8(10)11;1-3-5-4-2/h1-4,9H,5H2,(H,10,11);3-4H2,1-2H3. The molecular weight excluding hydrogens is 208 g/mol. The van der Waals surface area contributed by atoms with E-state index in [1.165, 1.54) is 12.1 Å². The Morgan fingerprint density at radius 2 is 1.69 bits per heavy atom. The molecule has 0 saturated heterocycles. The summed E-state index contributed by atoms with van der Waals surface area (Å²) in [5.41, 5.74) is 0.690. The van der Waals surface area contributed by atoms with Crippen molar-refractivity contribution in [1.29, 1.82) is 0 Å². The van der Waals surface area contributed by atoms with E-state index in [-0.39, 0.29) is 12.2 Å². The number of aliphatic carboxylic acids is 1. The molecule has 16 heavy (non-hydrogen) atoms. The number of carbonyl (C=O) groups is 1. The number of phenols is 1. The van der Waals surface area contributed by atoms with E-state index in [2.05, 4.69) is 0 Å². The third-order valence-electron chi connectivity index (χ3n) is 1.70. The maximum Gasteiger partial charge on any atom is 0.307 e. The smallest absolute Gasteiger partial charge is 0.307 e. The van der Waals surface area contributed by atoms with Crippen LogP contribution < -0.4 is 0 Å². The van der Waals surface area contributed by atoms with Gasteiger partial charge < -0.3 is 14.9 Å². The molecule has 90 valence electrons. The minimum Gasteiger partial charge on any atom is -0.508 e. The molecule has 0 fully saturated rings. The molecule has 0 atom stereocenters. The monoisotopic (exact) mass is 226 g/mol. The average molecular weight is 226 g/mol. The third kappa shape index (κ3) is 7.82. The topological polar surface area (TPSA) is 66.8 Å². The van der Waals surface area contributed by atoms with Crippen molar-refractivity contribution in [2.45, 2.75) is 20.3 Å². The third-order valence-corrected chi connectivity index (χ3v) is 1.70. The second-order valence-corrected chi connectivity index (χ2v) is 3.02. The second-order valence-electron chi connectivity index (χ2n) is 3.02. The van der Waals surface area contributed by atoms with E-state index in [0.29, 0.717) is 5.56 Å². The minimum absolute atomic E-state index is 0.000278. The van der Waals surface area contributed by atoms with Gasteiger partial charge in [-0.2, -0.15) is 0 Å². The summed E-state index contributed by atoms with van der Waals surface area (Å²) in [6.45, 7) is 5.67. The Kier molecular flexibility index (Phi) is 7.89. The van der Waals surface area contributed by atoms with Crippen LogP contribution in [-0.2, 0) is 16.0 Å². The summed E-state index contributed by atoms with van der Waals surface area (Å²) in [4.78, 5) is 10.2. The molecule has 1 aromatic rings. The van der Waals surface area contributed by atoms with Crippen LogP contribution in [0, 0.1) is 0 Å². The Labute approximate surface area is 95.5 Å². The summed E-state index contributed by atoms with van der Waals surface area (Å²) in [5.74, 6) is -0.713. The van der Waals surface area contributed by atoms with Crippen molar-refractivity contribution in [3.63, 3.8) is 0 Å². The highest BCUT2D eigenvalue weighted by molar-refractivity contribution is 5.70. The number of benzene rings is 1. The zero-order valence-electron chi connectivity index (χ0n) is 9.64. The highest BCUT2D eigenvalue weighted by Gasteiger charge is 1.98. The van der Waals surface area contributed by atoms with Crippen molar-refractivity contribution in [1.82, 2.24) is 0 Å². The van der Waals surface area contributed by atoms with Gasteiger partial charge in [-0.25, -0.2) is 0 Å². The number of carboxylic acid groups (broad SMARTS) is 1. The summed E-state index contributed by atoms with van der Waals surface area (Å²) in [7, 11) is 0. The van der Waals surface area contributed by atoms with Gasteiger partial charge >= 0.3 is 5.97 Å². The molecule has 0 radical (unpaired) electrons. The van der Waals surface area contributed by atoms with E-state index < -0.39 is 5.97 Å². The van der Waals surface area contributed by atoms with Gasteiger partial charge in [0.15, 0.2) is 0 Å². The van der Waals surface area contributed by atoms with Crippen LogP contribution in [0.15, 0.2) is 24.3 Å². The predicted molar refractivity (Wildman–Crippen MR) is 61.6 cm³/mol. The van der Waals surface area contributed by atoms with Crippen molar-refractivity contribution in [3.8, 4) is 5.75 Å². The van der Waals surface area contributed by atoms with Crippen molar-refractivity contribution in [2.75, 3.05) is 13.2 Å². The number of ether oxygens (including phenoxy) is 1. The molecule has 0 amide bonds. The second kappa shape index (κ2) is 8.73. The van der Waals surface area contributed by atoms with E-state index >= 15 is 0 Å². The molecule has 0 aliphatic carbocycles. The van der Waals surface area contributed by atoms with E-state index in [4.69, 9.17) is 14.9 Å². The van der Waals surface area contributed by atoms with Gasteiger partial charge in [0.2, 0.25) is 0 Å². The fraction of sp³-hybridized carbons (Fsp3) is 0.417. The molecule has 0 spiro atoms. The first-order valence-electron chi connectivity index (χ1n) is 5.17. The highest BCUT2D eigenvalue weighted by Crippen LogP contribution is 2.09. The Bertz CT molecular complexity index is 290. The van der Waals surface area contributed by atoms with Gasteiger partial charge in [0.05, 0.1) is 6.42 Å². The first-order valence-corrected chi connectivity index (χ1v) is 5.17. The maximum absolute atomic E-state index is 10.2. The molecule has 0 heterocycles. The SMILES string of the molecule is CCOCC.O=C(O)Cc1ccc(O)cc1. The van der Waals surface area contributed by atoms with E-state index in [0.717, 1.165) is 13.2 Å². The molecule has 0 aromatic heterocycles. The molecular formula is C12H18O4. The fourth-order valence-electron chi connectivity index (χ4n) is 0.993. The van der Waals surface area contributed by atoms with Crippen LogP contribution in [0.25, 0.3) is 0 Å². The number of carboxylic acids is 1. The lowest BCUT2D eigenvalue weighted by Gasteiger charge is -1.95. The minimum atomic E-state index is -0.865. The summed E-state index contributed by atoms with van der Waals surface area (Å²) in [6, 6.07) is 6.11. The molecule has 0 unspecified atom stereocenters. The molecule has 4 nitrogen and oxygen atoms in total. The summed E-state index contributed by atoms with van der Waals surface area (Å²) in [5, 5.41) is 17.2. The van der Waals surface area contributed by atoms with Crippen LogP contribution >= 0.6 is 0 Å². The summed E-state index contributed by atoms with van der Waals surface area (Å²) in [6.07, 6.45) is 0.000278. The Morgan fingerprint density at radius 3 is 2.00 bits per heavy atom.